The summed E-state index contributed by atoms with van der Waals surface area (Å²) in [7, 11) is 1.34. The summed E-state index contributed by atoms with van der Waals surface area (Å²) in [6, 6.07) is 8.01. The van der Waals surface area contributed by atoms with Crippen LogP contribution in [0.1, 0.15) is 46.3 Å². The van der Waals surface area contributed by atoms with Gasteiger partial charge in [-0.15, -0.1) is 32.9 Å². The topological polar surface area (TPSA) is 86.1 Å². The number of carbonyl (C=O) groups excluding carboxylic acids is 2. The molecule has 0 fully saturated rings. The number of thioether (sulfide) groups is 1. The third-order valence-corrected chi connectivity index (χ3v) is 8.69. The fraction of sp³-hybridized carbons (Fsp3) is 0.308. The van der Waals surface area contributed by atoms with Crippen LogP contribution in [0.3, 0.4) is 0 Å². The summed E-state index contributed by atoms with van der Waals surface area (Å²) < 4.78 is 7.08. The Morgan fingerprint density at radius 2 is 1.75 bits per heavy atom. The first kappa shape index (κ1) is 26.1. The predicted octanol–water partition coefficient (Wildman–Crippen LogP) is 6.76. The lowest BCUT2D eigenvalue weighted by Crippen LogP contribution is -2.16. The van der Waals surface area contributed by atoms with Crippen LogP contribution in [0.2, 0.25) is 0 Å². The number of nitrogens with one attached hydrogen (secondary N) is 1. The second-order valence-electron chi connectivity index (χ2n) is 8.65. The first-order valence-electron chi connectivity index (χ1n) is 11.4. The van der Waals surface area contributed by atoms with Crippen molar-refractivity contribution in [2.75, 3.05) is 18.2 Å². The zero-order valence-electron chi connectivity index (χ0n) is 21.0. The maximum atomic E-state index is 12.9. The highest BCUT2D eigenvalue weighted by molar-refractivity contribution is 7.99. The van der Waals surface area contributed by atoms with Crippen LogP contribution in [0.25, 0.3) is 22.5 Å². The molecule has 1 amide bonds. The molecule has 7 nitrogen and oxygen atoms in total. The summed E-state index contributed by atoms with van der Waals surface area (Å²) in [6.07, 6.45) is 0. The zero-order chi connectivity index (χ0) is 26.0. The van der Waals surface area contributed by atoms with E-state index >= 15 is 0 Å². The van der Waals surface area contributed by atoms with Gasteiger partial charge in [0.1, 0.15) is 10.6 Å². The highest BCUT2D eigenvalue weighted by Gasteiger charge is 2.24. The lowest BCUT2D eigenvalue weighted by molar-refractivity contribution is -0.113. The van der Waals surface area contributed by atoms with Gasteiger partial charge in [0.25, 0.3) is 0 Å². The molecule has 0 aliphatic carbocycles. The number of anilines is 1. The van der Waals surface area contributed by atoms with Crippen molar-refractivity contribution in [3.8, 4) is 22.5 Å². The highest BCUT2D eigenvalue weighted by Crippen LogP contribution is 2.37. The molecule has 3 aromatic heterocycles. The Bertz CT molecular complexity index is 1400. The van der Waals surface area contributed by atoms with Crippen LogP contribution >= 0.6 is 34.4 Å². The van der Waals surface area contributed by atoms with Gasteiger partial charge in [-0.25, -0.2) is 4.79 Å². The first-order valence-corrected chi connectivity index (χ1v) is 14.1. The minimum atomic E-state index is -0.486. The van der Waals surface area contributed by atoms with Crippen molar-refractivity contribution >= 4 is 51.3 Å². The van der Waals surface area contributed by atoms with Gasteiger partial charge in [-0.3, -0.25) is 9.36 Å². The molecule has 0 radical (unpaired) electrons. The normalized spacial score (nSPS) is 11.2. The maximum absolute atomic E-state index is 12.9. The van der Waals surface area contributed by atoms with Crippen molar-refractivity contribution < 1.29 is 14.3 Å². The van der Waals surface area contributed by atoms with Crippen molar-refractivity contribution in [1.82, 2.24) is 14.8 Å². The fourth-order valence-electron chi connectivity index (χ4n) is 3.75. The van der Waals surface area contributed by atoms with Gasteiger partial charge in [0, 0.05) is 32.8 Å². The predicted molar refractivity (Wildman–Crippen MR) is 148 cm³/mol. The van der Waals surface area contributed by atoms with Crippen LogP contribution in [-0.2, 0) is 9.53 Å². The van der Waals surface area contributed by atoms with Gasteiger partial charge in [-0.05, 0) is 45.7 Å². The molecule has 0 bridgehead atoms. The molecule has 10 heteroatoms. The molecule has 3 heterocycles. The van der Waals surface area contributed by atoms with E-state index in [0.717, 1.165) is 28.1 Å². The zero-order valence-corrected chi connectivity index (χ0v) is 23.5. The number of esters is 1. The van der Waals surface area contributed by atoms with Crippen LogP contribution in [0.4, 0.5) is 5.00 Å². The van der Waals surface area contributed by atoms with E-state index in [2.05, 4.69) is 53.2 Å². The molecule has 0 unspecified atom stereocenters. The Balaban J connectivity index is 1.53. The van der Waals surface area contributed by atoms with Crippen molar-refractivity contribution in [1.29, 1.82) is 0 Å². The number of aromatic nitrogens is 3. The number of amides is 1. The second kappa shape index (κ2) is 11.0. The van der Waals surface area contributed by atoms with E-state index in [1.165, 1.54) is 40.6 Å². The van der Waals surface area contributed by atoms with Gasteiger partial charge in [0.05, 0.1) is 12.9 Å². The number of nitrogens with zero attached hydrogens (tertiary/aromatic N) is 3. The van der Waals surface area contributed by atoms with E-state index in [-0.39, 0.29) is 17.7 Å². The molecule has 4 aromatic rings. The number of hydrogen-bond donors (Lipinski definition) is 1. The summed E-state index contributed by atoms with van der Waals surface area (Å²) in [5.41, 5.74) is 5.38. The lowest BCUT2D eigenvalue weighted by Gasteiger charge is -2.14. The van der Waals surface area contributed by atoms with Gasteiger partial charge >= 0.3 is 5.97 Å². The van der Waals surface area contributed by atoms with Crippen molar-refractivity contribution in [2.45, 2.75) is 45.8 Å². The van der Waals surface area contributed by atoms with Gasteiger partial charge in [-0.2, -0.15) is 0 Å². The number of benzene rings is 1. The number of carbonyl (C=O) groups is 2. The quantitative estimate of drug-likeness (QED) is 0.196. The van der Waals surface area contributed by atoms with Gasteiger partial charge in [-0.1, -0.05) is 41.6 Å². The first-order chi connectivity index (χ1) is 17.2. The maximum Gasteiger partial charge on any atom is 0.341 e. The third kappa shape index (κ3) is 5.25. The van der Waals surface area contributed by atoms with Crippen LogP contribution in [0, 0.1) is 20.8 Å². The molecule has 0 saturated heterocycles. The minimum Gasteiger partial charge on any atom is -0.465 e. The average molecular weight is 541 g/mol. The summed E-state index contributed by atoms with van der Waals surface area (Å²) in [4.78, 5) is 26.8. The molecule has 4 rings (SSSR count). The SMILES string of the molecule is COC(=O)c1c(-c2ccc(C)cc2)csc1NC(=O)CSc1nnc(-c2csc(C)c2C)n1C(C)C. The standard InChI is InChI=1S/C26H28N4O3S3/c1-14(2)30-23(19-11-34-17(5)16(19)4)28-29-26(30)36-13-21(31)27-24-22(25(32)33-6)20(12-35-24)18-9-7-15(3)8-10-18/h7-12,14H,13H2,1-6H3,(H,27,31). The summed E-state index contributed by atoms with van der Waals surface area (Å²) >= 11 is 4.33. The molecule has 0 saturated carbocycles. The molecule has 0 aliphatic heterocycles. The average Bonchev–Trinajstić information content (AvgIpc) is 3.55. The summed E-state index contributed by atoms with van der Waals surface area (Å²) in [5.74, 6) is 0.222. The van der Waals surface area contributed by atoms with Gasteiger partial charge in [0.15, 0.2) is 11.0 Å². The van der Waals surface area contributed by atoms with Crippen LogP contribution < -0.4 is 5.32 Å². The lowest BCUT2D eigenvalue weighted by atomic mass is 10.0. The molecule has 188 valence electrons. The Hall–Kier alpha value is -2.95. The molecule has 36 heavy (non-hydrogen) atoms. The molecule has 0 spiro atoms. The molecule has 0 atom stereocenters. The Morgan fingerprint density at radius 3 is 2.36 bits per heavy atom. The number of rotatable bonds is 8. The Kier molecular flexibility index (Phi) is 7.97. The minimum absolute atomic E-state index is 0.125. The molecule has 0 aliphatic rings. The number of aryl methyl sites for hydroxylation is 2. The van der Waals surface area contributed by atoms with E-state index in [1.807, 2.05) is 36.6 Å². The second-order valence-corrected chi connectivity index (χ2v) is 11.6. The fourth-order valence-corrected chi connectivity index (χ4v) is 6.46. The highest BCUT2D eigenvalue weighted by atomic mass is 32.2. The van der Waals surface area contributed by atoms with Gasteiger partial charge in [0.2, 0.25) is 5.91 Å². The van der Waals surface area contributed by atoms with Crippen molar-refractivity contribution in [3.63, 3.8) is 0 Å². The number of thiophene rings is 2. The number of hydrogen-bond acceptors (Lipinski definition) is 8. The van der Waals surface area contributed by atoms with Crippen LogP contribution in [0.5, 0.6) is 0 Å². The Labute approximate surface area is 222 Å². The largest absolute Gasteiger partial charge is 0.465 e. The van der Waals surface area contributed by atoms with Gasteiger partial charge < -0.3 is 10.1 Å². The van der Waals surface area contributed by atoms with Crippen LogP contribution in [-0.4, -0.2) is 39.5 Å². The summed E-state index contributed by atoms with van der Waals surface area (Å²) in [6.45, 7) is 10.3. The molecular formula is C26H28N4O3S3. The number of ether oxygens (including phenoxy) is 1. The third-order valence-electron chi connectivity index (χ3n) is 5.84. The van der Waals surface area contributed by atoms with E-state index in [1.54, 1.807) is 11.3 Å². The monoisotopic (exact) mass is 540 g/mol. The smallest absolute Gasteiger partial charge is 0.341 e. The Morgan fingerprint density at radius 1 is 1.06 bits per heavy atom. The van der Waals surface area contributed by atoms with E-state index < -0.39 is 5.97 Å². The van der Waals surface area contributed by atoms with E-state index in [0.29, 0.717) is 15.7 Å². The van der Waals surface area contributed by atoms with Crippen LogP contribution in [0.15, 0.2) is 40.2 Å². The molecule has 1 N–H and O–H groups in total. The van der Waals surface area contributed by atoms with E-state index in [9.17, 15) is 9.59 Å². The van der Waals surface area contributed by atoms with E-state index in [4.69, 9.17) is 4.74 Å². The summed E-state index contributed by atoms with van der Waals surface area (Å²) in [5, 5.41) is 16.8. The van der Waals surface area contributed by atoms with Crippen molar-refractivity contribution in [2.24, 2.45) is 0 Å². The molecule has 1 aromatic carbocycles. The molecular weight excluding hydrogens is 513 g/mol. The van der Waals surface area contributed by atoms with Crippen molar-refractivity contribution in [3.05, 3.63) is 56.6 Å². The number of methoxy groups -OCH3 is 1.